The second-order valence-electron chi connectivity index (χ2n) is 6.27. The quantitative estimate of drug-likeness (QED) is 0.497. The van der Waals surface area contributed by atoms with Gasteiger partial charge in [0.25, 0.3) is 5.91 Å². The molecule has 2 aliphatic rings. The third kappa shape index (κ3) is 4.38. The first-order chi connectivity index (χ1) is 12.3. The molecule has 1 saturated heterocycles. The number of para-hydroxylation sites is 1. The van der Waals surface area contributed by atoms with Crippen LogP contribution in [0, 0.1) is 11.3 Å². The van der Waals surface area contributed by atoms with E-state index in [1.165, 1.54) is 5.56 Å². The number of nitrogens with one attached hydrogen (secondary N) is 1. The highest BCUT2D eigenvalue weighted by Gasteiger charge is 2.24. The Bertz CT molecular complexity index is 674. The summed E-state index contributed by atoms with van der Waals surface area (Å²) < 4.78 is 5.32. The van der Waals surface area contributed by atoms with Crippen LogP contribution in [0.1, 0.15) is 12.0 Å². The summed E-state index contributed by atoms with van der Waals surface area (Å²) in [5.41, 5.74) is 2.24. The Morgan fingerprint density at radius 2 is 2.08 bits per heavy atom. The minimum absolute atomic E-state index is 0.152. The first-order valence-electron chi connectivity index (χ1n) is 8.83. The predicted octanol–water partition coefficient (Wildman–Crippen LogP) is 1.30. The van der Waals surface area contributed by atoms with E-state index in [-0.39, 0.29) is 11.5 Å². The van der Waals surface area contributed by atoms with Gasteiger partial charge >= 0.3 is 0 Å². The predicted molar refractivity (Wildman–Crippen MR) is 96.1 cm³/mol. The Hall–Kier alpha value is -2.36. The average molecular weight is 340 g/mol. The molecule has 1 amide bonds. The highest BCUT2D eigenvalue weighted by molar-refractivity contribution is 6.08. The SMILES string of the molecule is N#C/C(=C/NCCN1CCOCC1)C(=O)N1CCCc2ccccc21. The van der Waals surface area contributed by atoms with Gasteiger partial charge in [0.15, 0.2) is 0 Å². The summed E-state index contributed by atoms with van der Waals surface area (Å²) in [5.74, 6) is -0.228. The van der Waals surface area contributed by atoms with Crippen molar-refractivity contribution in [2.75, 3.05) is 50.8 Å². The Kier molecular flexibility index (Phi) is 6.04. The fourth-order valence-electron chi connectivity index (χ4n) is 3.25. The molecule has 1 fully saturated rings. The van der Waals surface area contributed by atoms with Crippen LogP contribution in [0.5, 0.6) is 0 Å². The van der Waals surface area contributed by atoms with Gasteiger partial charge in [-0.1, -0.05) is 18.2 Å². The van der Waals surface area contributed by atoms with Crippen LogP contribution in [-0.2, 0) is 16.0 Å². The third-order valence-electron chi connectivity index (χ3n) is 4.63. The molecule has 1 N–H and O–H groups in total. The van der Waals surface area contributed by atoms with Gasteiger partial charge in [-0.25, -0.2) is 0 Å². The summed E-state index contributed by atoms with van der Waals surface area (Å²) in [6, 6.07) is 9.96. The molecule has 0 radical (unpaired) electrons. The molecular weight excluding hydrogens is 316 g/mol. The van der Waals surface area contributed by atoms with Crippen LogP contribution in [0.25, 0.3) is 0 Å². The van der Waals surface area contributed by atoms with Gasteiger partial charge in [-0.3, -0.25) is 9.69 Å². The molecule has 1 aromatic rings. The zero-order valence-corrected chi connectivity index (χ0v) is 14.4. The van der Waals surface area contributed by atoms with Gasteiger partial charge in [0, 0.05) is 44.6 Å². The third-order valence-corrected chi connectivity index (χ3v) is 4.63. The van der Waals surface area contributed by atoms with Gasteiger partial charge in [-0.15, -0.1) is 0 Å². The molecule has 1 aromatic carbocycles. The fourth-order valence-corrected chi connectivity index (χ4v) is 3.25. The number of carbonyl (C=O) groups excluding carboxylic acids is 1. The molecule has 0 bridgehead atoms. The highest BCUT2D eigenvalue weighted by atomic mass is 16.5. The first-order valence-corrected chi connectivity index (χ1v) is 8.83. The van der Waals surface area contributed by atoms with Gasteiger partial charge in [-0.2, -0.15) is 5.26 Å². The number of rotatable bonds is 5. The number of benzene rings is 1. The van der Waals surface area contributed by atoms with E-state index in [4.69, 9.17) is 4.74 Å². The molecule has 0 unspecified atom stereocenters. The lowest BCUT2D eigenvalue weighted by Crippen LogP contribution is -2.40. The Labute approximate surface area is 148 Å². The smallest absolute Gasteiger partial charge is 0.270 e. The first kappa shape index (κ1) is 17.5. The maximum atomic E-state index is 12.8. The second-order valence-corrected chi connectivity index (χ2v) is 6.27. The summed E-state index contributed by atoms with van der Waals surface area (Å²) in [4.78, 5) is 16.8. The molecule has 0 aromatic heterocycles. The molecule has 6 nitrogen and oxygen atoms in total. The van der Waals surface area contributed by atoms with Crippen molar-refractivity contribution < 1.29 is 9.53 Å². The van der Waals surface area contributed by atoms with E-state index in [0.717, 1.165) is 51.4 Å². The average Bonchev–Trinajstić information content (AvgIpc) is 2.68. The molecule has 25 heavy (non-hydrogen) atoms. The zero-order valence-electron chi connectivity index (χ0n) is 14.4. The summed E-state index contributed by atoms with van der Waals surface area (Å²) >= 11 is 0. The maximum Gasteiger partial charge on any atom is 0.270 e. The van der Waals surface area contributed by atoms with Crippen LogP contribution in [-0.4, -0.2) is 56.7 Å². The van der Waals surface area contributed by atoms with Gasteiger partial charge in [-0.05, 0) is 24.5 Å². The van der Waals surface area contributed by atoms with Crippen molar-refractivity contribution in [2.24, 2.45) is 0 Å². The fraction of sp³-hybridized carbons (Fsp3) is 0.474. The molecular formula is C19H24N4O2. The van der Waals surface area contributed by atoms with E-state index in [1.807, 2.05) is 30.3 Å². The monoisotopic (exact) mass is 340 g/mol. The number of ether oxygens (including phenoxy) is 1. The Morgan fingerprint density at radius 1 is 1.28 bits per heavy atom. The lowest BCUT2D eigenvalue weighted by molar-refractivity contribution is -0.114. The maximum absolute atomic E-state index is 12.8. The number of hydrogen-bond acceptors (Lipinski definition) is 5. The van der Waals surface area contributed by atoms with E-state index in [9.17, 15) is 10.1 Å². The molecule has 2 aliphatic heterocycles. The number of nitriles is 1. The lowest BCUT2D eigenvalue weighted by atomic mass is 10.0. The zero-order chi connectivity index (χ0) is 17.5. The largest absolute Gasteiger partial charge is 0.388 e. The van der Waals surface area contributed by atoms with E-state index in [0.29, 0.717) is 13.1 Å². The number of amides is 1. The van der Waals surface area contributed by atoms with Crippen LogP contribution < -0.4 is 10.2 Å². The summed E-state index contributed by atoms with van der Waals surface area (Å²) in [6.07, 6.45) is 3.45. The van der Waals surface area contributed by atoms with Crippen LogP contribution in [0.2, 0.25) is 0 Å². The number of carbonyl (C=O) groups is 1. The Balaban J connectivity index is 1.59. The van der Waals surface area contributed by atoms with Crippen LogP contribution >= 0.6 is 0 Å². The van der Waals surface area contributed by atoms with Gasteiger partial charge < -0.3 is 15.0 Å². The minimum Gasteiger partial charge on any atom is -0.388 e. The van der Waals surface area contributed by atoms with Crippen molar-refractivity contribution >= 4 is 11.6 Å². The topological polar surface area (TPSA) is 68.6 Å². The number of aryl methyl sites for hydroxylation is 1. The van der Waals surface area contributed by atoms with Crippen molar-refractivity contribution in [3.8, 4) is 6.07 Å². The molecule has 132 valence electrons. The molecule has 0 aliphatic carbocycles. The number of fused-ring (bicyclic) bond motifs is 1. The van der Waals surface area contributed by atoms with E-state index >= 15 is 0 Å². The van der Waals surface area contributed by atoms with E-state index in [1.54, 1.807) is 11.1 Å². The molecule has 0 spiro atoms. The van der Waals surface area contributed by atoms with Crippen molar-refractivity contribution in [1.82, 2.24) is 10.2 Å². The van der Waals surface area contributed by atoms with Gasteiger partial charge in [0.05, 0.1) is 13.2 Å². The standard InChI is InChI=1S/C19H24N4O2/c20-14-17(15-21-7-9-22-10-12-25-13-11-22)19(24)23-8-3-5-16-4-1-2-6-18(16)23/h1-2,4,6,15,21H,3,5,7-13H2/b17-15-. The molecule has 2 heterocycles. The molecule has 0 saturated carbocycles. The summed E-state index contributed by atoms with van der Waals surface area (Å²) in [7, 11) is 0. The van der Waals surface area contributed by atoms with Crippen LogP contribution in [0.15, 0.2) is 36.0 Å². The normalized spacial score (nSPS) is 18.4. The van der Waals surface area contributed by atoms with Gasteiger partial charge in [0.1, 0.15) is 11.6 Å². The molecule has 6 heteroatoms. The van der Waals surface area contributed by atoms with Crippen molar-refractivity contribution in [2.45, 2.75) is 12.8 Å². The van der Waals surface area contributed by atoms with Gasteiger partial charge in [0.2, 0.25) is 0 Å². The van der Waals surface area contributed by atoms with Crippen molar-refractivity contribution in [1.29, 1.82) is 5.26 Å². The highest BCUT2D eigenvalue weighted by Crippen LogP contribution is 2.27. The van der Waals surface area contributed by atoms with E-state index < -0.39 is 0 Å². The number of anilines is 1. The van der Waals surface area contributed by atoms with E-state index in [2.05, 4.69) is 10.2 Å². The minimum atomic E-state index is -0.228. The second kappa shape index (κ2) is 8.65. The Morgan fingerprint density at radius 3 is 2.88 bits per heavy atom. The van der Waals surface area contributed by atoms with Crippen LogP contribution in [0.3, 0.4) is 0 Å². The summed E-state index contributed by atoms with van der Waals surface area (Å²) in [6.45, 7) is 5.63. The number of morpholine rings is 1. The lowest BCUT2D eigenvalue weighted by Gasteiger charge is -2.29. The number of nitrogens with zero attached hydrogens (tertiary/aromatic N) is 3. The van der Waals surface area contributed by atoms with Crippen molar-refractivity contribution in [3.63, 3.8) is 0 Å². The number of hydrogen-bond donors (Lipinski definition) is 1. The summed E-state index contributed by atoms with van der Waals surface area (Å²) in [5, 5.41) is 12.5. The van der Waals surface area contributed by atoms with Crippen molar-refractivity contribution in [3.05, 3.63) is 41.6 Å². The van der Waals surface area contributed by atoms with Crippen LogP contribution in [0.4, 0.5) is 5.69 Å². The molecule has 0 atom stereocenters. The molecule has 3 rings (SSSR count).